The highest BCUT2D eigenvalue weighted by molar-refractivity contribution is 8.00. The summed E-state index contributed by atoms with van der Waals surface area (Å²) < 4.78 is 23.0. The molecule has 4 nitrogen and oxygen atoms in total. The van der Waals surface area contributed by atoms with E-state index >= 15 is 0 Å². The van der Waals surface area contributed by atoms with Crippen LogP contribution in [0.15, 0.2) is 64.4 Å². The lowest BCUT2D eigenvalue weighted by Gasteiger charge is -2.17. The van der Waals surface area contributed by atoms with Gasteiger partial charge in [-0.2, -0.15) is 0 Å². The van der Waals surface area contributed by atoms with Crippen LogP contribution in [-0.4, -0.2) is 13.8 Å². The number of para-hydroxylation sites is 1. The van der Waals surface area contributed by atoms with E-state index in [0.717, 1.165) is 4.90 Å². The Morgan fingerprint density at radius 1 is 1.05 bits per heavy atom. The van der Waals surface area contributed by atoms with Crippen molar-refractivity contribution >= 4 is 27.5 Å². The predicted octanol–water partition coefficient (Wildman–Crippen LogP) is 2.88. The Labute approximate surface area is 123 Å². The Hall–Kier alpha value is -1.50. The van der Waals surface area contributed by atoms with Gasteiger partial charge in [0, 0.05) is 4.90 Å². The summed E-state index contributed by atoms with van der Waals surface area (Å²) in [7, 11) is -3.72. The van der Waals surface area contributed by atoms with Crippen molar-refractivity contribution < 1.29 is 8.42 Å². The van der Waals surface area contributed by atoms with Crippen LogP contribution in [0, 0.1) is 0 Å². The molecule has 0 radical (unpaired) electrons. The maximum Gasteiger partial charge on any atom is 0.240 e. The number of sulfonamides is 1. The molecule has 0 aliphatic heterocycles. The normalized spacial score (nSPS) is 12.9. The van der Waals surface area contributed by atoms with Crippen molar-refractivity contribution in [1.29, 1.82) is 0 Å². The summed E-state index contributed by atoms with van der Waals surface area (Å²) in [5.74, 6) is 0. The lowest BCUT2D eigenvalue weighted by Crippen LogP contribution is -2.17. The van der Waals surface area contributed by atoms with E-state index in [-0.39, 0.29) is 10.3 Å². The fraction of sp³-hybridized carbons (Fsp3) is 0.143. The summed E-state index contributed by atoms with van der Waals surface area (Å²) in [6.07, 6.45) is 0. The van der Waals surface area contributed by atoms with Gasteiger partial charge < -0.3 is 5.32 Å². The number of anilines is 1. The molecule has 106 valence electrons. The summed E-state index contributed by atoms with van der Waals surface area (Å²) >= 11 is 1.61. The minimum absolute atomic E-state index is 0.0142. The van der Waals surface area contributed by atoms with E-state index in [1.807, 2.05) is 37.3 Å². The van der Waals surface area contributed by atoms with Crippen molar-refractivity contribution in [2.45, 2.75) is 22.1 Å². The molecule has 0 aliphatic rings. The van der Waals surface area contributed by atoms with Crippen molar-refractivity contribution in [1.82, 2.24) is 0 Å². The quantitative estimate of drug-likeness (QED) is 0.658. The zero-order chi connectivity index (χ0) is 14.6. The first kappa shape index (κ1) is 14.9. The molecule has 0 bridgehead atoms. The summed E-state index contributed by atoms with van der Waals surface area (Å²) in [4.78, 5) is 1.22. The summed E-state index contributed by atoms with van der Waals surface area (Å²) in [6.45, 7) is 1.97. The topological polar surface area (TPSA) is 72.2 Å². The molecule has 0 saturated carbocycles. The fourth-order valence-electron chi connectivity index (χ4n) is 1.79. The lowest BCUT2D eigenvalue weighted by molar-refractivity contribution is 0.598. The van der Waals surface area contributed by atoms with E-state index in [2.05, 4.69) is 5.32 Å². The fourth-order valence-corrected chi connectivity index (χ4v) is 3.40. The predicted molar refractivity (Wildman–Crippen MR) is 83.2 cm³/mol. The van der Waals surface area contributed by atoms with Gasteiger partial charge in [-0.25, -0.2) is 13.6 Å². The second kappa shape index (κ2) is 6.30. The van der Waals surface area contributed by atoms with Crippen molar-refractivity contribution in [3.8, 4) is 0 Å². The monoisotopic (exact) mass is 308 g/mol. The number of primary sulfonamides is 1. The lowest BCUT2D eigenvalue weighted by atomic mass is 10.3. The average molecular weight is 308 g/mol. The molecule has 1 atom stereocenters. The first-order valence-electron chi connectivity index (χ1n) is 6.07. The Kier molecular flexibility index (Phi) is 4.69. The largest absolute Gasteiger partial charge is 0.372 e. The molecule has 6 heteroatoms. The Bertz CT molecular complexity index is 673. The SMILES string of the molecule is CC(Nc1ccccc1S(N)(=O)=O)Sc1ccccc1. The molecule has 0 fully saturated rings. The van der Waals surface area contributed by atoms with Gasteiger partial charge in [-0.05, 0) is 31.2 Å². The van der Waals surface area contributed by atoms with Gasteiger partial charge in [0.2, 0.25) is 10.0 Å². The van der Waals surface area contributed by atoms with Crippen LogP contribution in [0.25, 0.3) is 0 Å². The third kappa shape index (κ3) is 4.00. The second-order valence-corrected chi connectivity index (χ2v) is 7.20. The van der Waals surface area contributed by atoms with Crippen LogP contribution in [0.5, 0.6) is 0 Å². The van der Waals surface area contributed by atoms with E-state index in [4.69, 9.17) is 5.14 Å². The maximum atomic E-state index is 11.5. The molecule has 20 heavy (non-hydrogen) atoms. The first-order valence-corrected chi connectivity index (χ1v) is 8.49. The molecular weight excluding hydrogens is 292 g/mol. The first-order chi connectivity index (χ1) is 9.47. The molecule has 1 unspecified atom stereocenters. The van der Waals surface area contributed by atoms with Gasteiger partial charge in [-0.3, -0.25) is 0 Å². The number of hydrogen-bond acceptors (Lipinski definition) is 4. The molecular formula is C14H16N2O2S2. The minimum Gasteiger partial charge on any atom is -0.372 e. The van der Waals surface area contributed by atoms with Crippen LogP contribution in [0.1, 0.15) is 6.92 Å². The molecule has 2 rings (SSSR count). The number of nitrogens with two attached hydrogens (primary N) is 1. The average Bonchev–Trinajstić information content (AvgIpc) is 2.39. The number of nitrogens with one attached hydrogen (secondary N) is 1. The molecule has 2 aromatic rings. The maximum absolute atomic E-state index is 11.5. The zero-order valence-electron chi connectivity index (χ0n) is 11.0. The Morgan fingerprint density at radius 2 is 1.65 bits per heavy atom. The van der Waals surface area contributed by atoms with Crippen LogP contribution >= 0.6 is 11.8 Å². The molecule has 2 aromatic carbocycles. The molecule has 0 spiro atoms. The smallest absolute Gasteiger partial charge is 0.240 e. The van der Waals surface area contributed by atoms with Crippen LogP contribution in [0.3, 0.4) is 0 Å². The van der Waals surface area contributed by atoms with E-state index < -0.39 is 10.0 Å². The number of thioether (sulfide) groups is 1. The van der Waals surface area contributed by atoms with E-state index in [9.17, 15) is 8.42 Å². The van der Waals surface area contributed by atoms with Crippen molar-refractivity contribution in [3.05, 3.63) is 54.6 Å². The van der Waals surface area contributed by atoms with Gasteiger partial charge in [0.1, 0.15) is 4.90 Å². The van der Waals surface area contributed by atoms with E-state index in [1.165, 1.54) is 6.07 Å². The van der Waals surface area contributed by atoms with Crippen molar-refractivity contribution in [2.24, 2.45) is 5.14 Å². The van der Waals surface area contributed by atoms with Gasteiger partial charge in [0.05, 0.1) is 11.1 Å². The number of benzene rings is 2. The molecule has 0 heterocycles. The molecule has 0 saturated heterocycles. The molecule has 3 N–H and O–H groups in total. The summed E-state index contributed by atoms with van der Waals surface area (Å²) in [6, 6.07) is 16.5. The van der Waals surface area contributed by atoms with Gasteiger partial charge in [-0.15, -0.1) is 11.8 Å². The van der Waals surface area contributed by atoms with Crippen LogP contribution < -0.4 is 10.5 Å². The van der Waals surface area contributed by atoms with Gasteiger partial charge >= 0.3 is 0 Å². The second-order valence-electron chi connectivity index (χ2n) is 4.26. The minimum atomic E-state index is -3.72. The van der Waals surface area contributed by atoms with Gasteiger partial charge in [0.25, 0.3) is 0 Å². The highest BCUT2D eigenvalue weighted by atomic mass is 32.2. The standard InChI is InChI=1S/C14H16N2O2S2/c1-11(19-12-7-3-2-4-8-12)16-13-9-5-6-10-14(13)20(15,17)18/h2-11,16H,1H3,(H2,15,17,18). The van der Waals surface area contributed by atoms with Crippen LogP contribution in [-0.2, 0) is 10.0 Å². The summed E-state index contributed by atoms with van der Waals surface area (Å²) in [5, 5.41) is 8.39. The number of hydrogen-bond donors (Lipinski definition) is 2. The van der Waals surface area contributed by atoms with Crippen molar-refractivity contribution in [3.63, 3.8) is 0 Å². The Morgan fingerprint density at radius 3 is 2.30 bits per heavy atom. The number of rotatable bonds is 5. The van der Waals surface area contributed by atoms with E-state index in [0.29, 0.717) is 5.69 Å². The van der Waals surface area contributed by atoms with Crippen molar-refractivity contribution in [2.75, 3.05) is 5.32 Å². The highest BCUT2D eigenvalue weighted by Gasteiger charge is 2.14. The van der Waals surface area contributed by atoms with Crippen LogP contribution in [0.2, 0.25) is 0 Å². The van der Waals surface area contributed by atoms with Gasteiger partial charge in [-0.1, -0.05) is 30.3 Å². The third-order valence-corrected chi connectivity index (χ3v) is 4.59. The summed E-state index contributed by atoms with van der Waals surface area (Å²) in [5.41, 5.74) is 0.519. The molecule has 0 amide bonds. The van der Waals surface area contributed by atoms with Gasteiger partial charge in [0.15, 0.2) is 0 Å². The third-order valence-electron chi connectivity index (χ3n) is 2.61. The van der Waals surface area contributed by atoms with Crippen LogP contribution in [0.4, 0.5) is 5.69 Å². The zero-order valence-corrected chi connectivity index (χ0v) is 12.6. The van der Waals surface area contributed by atoms with E-state index in [1.54, 1.807) is 30.0 Å². The molecule has 0 aliphatic carbocycles. The molecule has 0 aromatic heterocycles. The highest BCUT2D eigenvalue weighted by Crippen LogP contribution is 2.26. The Balaban J connectivity index is 2.14.